The topological polar surface area (TPSA) is 79.0 Å². The van der Waals surface area contributed by atoms with E-state index in [2.05, 4.69) is 39.2 Å². The first-order valence-electron chi connectivity index (χ1n) is 11.5. The molecule has 6 rings (SSSR count). The molecule has 3 aromatic heterocycles. The number of anilines is 1. The molecular weight excluding hydrogens is 418 g/mol. The smallest absolute Gasteiger partial charge is 0.277 e. The van der Waals surface area contributed by atoms with Gasteiger partial charge in [0, 0.05) is 56.5 Å². The highest BCUT2D eigenvalue weighted by molar-refractivity contribution is 5.65. The summed E-state index contributed by atoms with van der Waals surface area (Å²) < 4.78 is 12.4. The van der Waals surface area contributed by atoms with Crippen LogP contribution in [0.5, 0.6) is 0 Å². The van der Waals surface area contributed by atoms with Crippen molar-refractivity contribution in [3.63, 3.8) is 0 Å². The Morgan fingerprint density at radius 3 is 2.67 bits per heavy atom. The summed E-state index contributed by atoms with van der Waals surface area (Å²) in [5.41, 5.74) is 6.60. The minimum Gasteiger partial charge on any atom is -0.469 e. The van der Waals surface area contributed by atoms with Crippen LogP contribution in [0.4, 0.5) is 5.69 Å². The number of fused-ring (bicyclic) bond motifs is 2. The summed E-state index contributed by atoms with van der Waals surface area (Å²) in [6.45, 7) is 7.67. The van der Waals surface area contributed by atoms with E-state index < -0.39 is 0 Å². The monoisotopic (exact) mass is 445 g/mol. The lowest BCUT2D eigenvalue weighted by Crippen LogP contribution is -2.36. The SMILES string of the molecule is Cc1occc1-c1cc2nc3c(c(=O)n2[nH]1)CN(Cc1ccc(N2CCOCC2)cc1)CC3. The normalized spacial score (nSPS) is 16.9. The summed E-state index contributed by atoms with van der Waals surface area (Å²) in [5, 5.41) is 3.21. The van der Waals surface area contributed by atoms with Crippen LogP contribution >= 0.6 is 0 Å². The molecule has 8 nitrogen and oxygen atoms in total. The van der Waals surface area contributed by atoms with Gasteiger partial charge in [0.25, 0.3) is 5.56 Å². The molecule has 0 radical (unpaired) electrons. The number of nitrogens with zero attached hydrogens (tertiary/aromatic N) is 4. The average molecular weight is 446 g/mol. The van der Waals surface area contributed by atoms with Gasteiger partial charge in [-0.25, -0.2) is 9.50 Å². The van der Waals surface area contributed by atoms with Crippen molar-refractivity contribution < 1.29 is 9.15 Å². The lowest BCUT2D eigenvalue weighted by Gasteiger charge is -2.30. The fraction of sp³-hybridized carbons (Fsp3) is 0.360. The van der Waals surface area contributed by atoms with Crippen LogP contribution in [0.25, 0.3) is 16.9 Å². The van der Waals surface area contributed by atoms with E-state index in [9.17, 15) is 4.79 Å². The van der Waals surface area contributed by atoms with Crippen LogP contribution in [-0.2, 0) is 24.2 Å². The van der Waals surface area contributed by atoms with Crippen molar-refractivity contribution in [3.05, 3.63) is 75.6 Å². The van der Waals surface area contributed by atoms with Crippen LogP contribution in [0.1, 0.15) is 22.6 Å². The Labute approximate surface area is 191 Å². The van der Waals surface area contributed by atoms with Gasteiger partial charge < -0.3 is 14.1 Å². The number of nitrogens with one attached hydrogen (secondary N) is 1. The number of morpholine rings is 1. The zero-order chi connectivity index (χ0) is 22.4. The second kappa shape index (κ2) is 8.20. The number of furan rings is 1. The molecule has 0 saturated carbocycles. The van der Waals surface area contributed by atoms with Crippen molar-refractivity contribution in [1.29, 1.82) is 0 Å². The molecule has 170 valence electrons. The Kier molecular flexibility index (Phi) is 5.04. The third kappa shape index (κ3) is 3.75. The zero-order valence-electron chi connectivity index (χ0n) is 18.7. The Balaban J connectivity index is 1.22. The van der Waals surface area contributed by atoms with Gasteiger partial charge in [0.05, 0.1) is 36.4 Å². The van der Waals surface area contributed by atoms with E-state index in [1.54, 1.807) is 10.8 Å². The number of ether oxygens (including phenoxy) is 1. The number of hydrogen-bond donors (Lipinski definition) is 1. The summed E-state index contributed by atoms with van der Waals surface area (Å²) in [6.07, 6.45) is 2.43. The van der Waals surface area contributed by atoms with Crippen molar-refractivity contribution in [2.45, 2.75) is 26.4 Å². The third-order valence-electron chi connectivity index (χ3n) is 6.71. The number of rotatable bonds is 4. The summed E-state index contributed by atoms with van der Waals surface area (Å²) in [4.78, 5) is 22.8. The molecule has 0 unspecified atom stereocenters. The molecular formula is C25H27N5O3. The molecule has 0 spiro atoms. The van der Waals surface area contributed by atoms with Crippen molar-refractivity contribution >= 4 is 11.3 Å². The zero-order valence-corrected chi connectivity index (χ0v) is 18.7. The van der Waals surface area contributed by atoms with E-state index in [1.165, 1.54) is 11.3 Å². The first-order chi connectivity index (χ1) is 16.2. The fourth-order valence-corrected chi connectivity index (χ4v) is 4.87. The van der Waals surface area contributed by atoms with Gasteiger partial charge in [0.2, 0.25) is 0 Å². The van der Waals surface area contributed by atoms with Crippen molar-refractivity contribution in [1.82, 2.24) is 19.5 Å². The van der Waals surface area contributed by atoms with Crippen molar-refractivity contribution in [3.8, 4) is 11.3 Å². The molecule has 1 N–H and O–H groups in total. The highest BCUT2D eigenvalue weighted by Crippen LogP contribution is 2.25. The summed E-state index contributed by atoms with van der Waals surface area (Å²) >= 11 is 0. The van der Waals surface area contributed by atoms with Gasteiger partial charge in [-0.05, 0) is 30.7 Å². The first-order valence-corrected chi connectivity index (χ1v) is 11.5. The largest absolute Gasteiger partial charge is 0.469 e. The number of hydrogen-bond acceptors (Lipinski definition) is 6. The van der Waals surface area contributed by atoms with E-state index >= 15 is 0 Å². The molecule has 0 bridgehead atoms. The van der Waals surface area contributed by atoms with Crippen LogP contribution in [0.3, 0.4) is 0 Å². The Morgan fingerprint density at radius 1 is 1.09 bits per heavy atom. The number of aromatic amines is 1. The van der Waals surface area contributed by atoms with Gasteiger partial charge in [-0.3, -0.25) is 14.8 Å². The van der Waals surface area contributed by atoms with Gasteiger partial charge >= 0.3 is 0 Å². The number of benzene rings is 1. The Hall–Kier alpha value is -3.36. The molecule has 1 aromatic carbocycles. The van der Waals surface area contributed by atoms with Crippen LogP contribution in [-0.4, -0.2) is 52.3 Å². The highest BCUT2D eigenvalue weighted by Gasteiger charge is 2.23. The molecule has 2 aliphatic rings. The number of H-pyrrole nitrogens is 1. The second-order valence-electron chi connectivity index (χ2n) is 8.82. The van der Waals surface area contributed by atoms with Crippen molar-refractivity contribution in [2.24, 2.45) is 0 Å². The van der Waals surface area contributed by atoms with Gasteiger partial charge in [-0.2, -0.15) is 0 Å². The fourth-order valence-electron chi connectivity index (χ4n) is 4.87. The number of aromatic nitrogens is 3. The molecule has 4 aromatic rings. The second-order valence-corrected chi connectivity index (χ2v) is 8.82. The van der Waals surface area contributed by atoms with Gasteiger partial charge in [-0.15, -0.1) is 0 Å². The maximum Gasteiger partial charge on any atom is 0.277 e. The molecule has 1 saturated heterocycles. The Bertz CT molecular complexity index is 1340. The van der Waals surface area contributed by atoms with Gasteiger partial charge in [0.15, 0.2) is 5.65 Å². The van der Waals surface area contributed by atoms with E-state index in [0.717, 1.165) is 74.1 Å². The molecule has 8 heteroatoms. The van der Waals surface area contributed by atoms with Crippen LogP contribution in [0, 0.1) is 6.92 Å². The summed E-state index contributed by atoms with van der Waals surface area (Å²) in [6, 6.07) is 12.6. The molecule has 5 heterocycles. The quantitative estimate of drug-likeness (QED) is 0.520. The standard InChI is InChI=1S/C25H27N5O3/c1-17-20(7-11-33-17)23-14-24-26-22-6-8-28(16-21(22)25(31)30(24)27-23)15-18-2-4-19(5-3-18)29-9-12-32-13-10-29/h2-5,7,11,14,27H,6,8-10,12-13,15-16H2,1H3. The van der Waals surface area contributed by atoms with Crippen LogP contribution in [0.2, 0.25) is 0 Å². The minimum atomic E-state index is -0.0187. The molecule has 0 atom stereocenters. The van der Waals surface area contributed by atoms with E-state index in [0.29, 0.717) is 12.2 Å². The predicted molar refractivity (Wildman–Crippen MR) is 126 cm³/mol. The highest BCUT2D eigenvalue weighted by atomic mass is 16.5. The van der Waals surface area contributed by atoms with Crippen LogP contribution < -0.4 is 10.5 Å². The molecule has 0 amide bonds. The Morgan fingerprint density at radius 2 is 1.91 bits per heavy atom. The van der Waals surface area contributed by atoms with E-state index in [4.69, 9.17) is 14.1 Å². The molecule has 1 fully saturated rings. The third-order valence-corrected chi connectivity index (χ3v) is 6.71. The van der Waals surface area contributed by atoms with Gasteiger partial charge in [0.1, 0.15) is 5.76 Å². The molecule has 0 aliphatic carbocycles. The predicted octanol–water partition coefficient (Wildman–Crippen LogP) is 2.99. The maximum absolute atomic E-state index is 13.3. The first kappa shape index (κ1) is 20.3. The average Bonchev–Trinajstić information content (AvgIpc) is 3.47. The van der Waals surface area contributed by atoms with Crippen molar-refractivity contribution in [2.75, 3.05) is 37.7 Å². The summed E-state index contributed by atoms with van der Waals surface area (Å²) in [5.74, 6) is 0.810. The molecule has 2 aliphatic heterocycles. The minimum absolute atomic E-state index is 0.0187. The maximum atomic E-state index is 13.3. The lowest BCUT2D eigenvalue weighted by atomic mass is 10.1. The number of aryl methyl sites for hydroxylation is 1. The van der Waals surface area contributed by atoms with E-state index in [-0.39, 0.29) is 5.56 Å². The van der Waals surface area contributed by atoms with Gasteiger partial charge in [-0.1, -0.05) is 12.1 Å². The summed E-state index contributed by atoms with van der Waals surface area (Å²) in [7, 11) is 0. The molecule has 33 heavy (non-hydrogen) atoms. The van der Waals surface area contributed by atoms with Crippen LogP contribution in [0.15, 0.2) is 51.9 Å². The van der Waals surface area contributed by atoms with E-state index in [1.807, 2.05) is 19.1 Å². The lowest BCUT2D eigenvalue weighted by molar-refractivity contribution is 0.122.